The fraction of sp³-hybridized carbons (Fsp3) is 0.500. The molecule has 2 aromatic rings. The molecule has 3 rings (SSSR count). The van der Waals surface area contributed by atoms with E-state index in [-0.39, 0.29) is 5.91 Å². The summed E-state index contributed by atoms with van der Waals surface area (Å²) in [5.41, 5.74) is 2.49. The molecule has 1 aliphatic carbocycles. The van der Waals surface area contributed by atoms with Crippen molar-refractivity contribution in [2.45, 2.75) is 39.0 Å². The first-order valence-electron chi connectivity index (χ1n) is 8.05. The van der Waals surface area contributed by atoms with Crippen molar-refractivity contribution in [1.29, 1.82) is 0 Å². The summed E-state index contributed by atoms with van der Waals surface area (Å²) in [6, 6.07) is 8.33. The van der Waals surface area contributed by atoms with Gasteiger partial charge in [-0.1, -0.05) is 25.1 Å². The maximum absolute atomic E-state index is 11.9. The van der Waals surface area contributed by atoms with Crippen LogP contribution in [0.15, 0.2) is 30.5 Å². The molecule has 1 aromatic heterocycles. The fourth-order valence-corrected chi connectivity index (χ4v) is 2.97. The normalized spacial score (nSPS) is 16.0. The van der Waals surface area contributed by atoms with Gasteiger partial charge in [0, 0.05) is 30.1 Å². The van der Waals surface area contributed by atoms with E-state index in [0.717, 1.165) is 25.3 Å². The van der Waals surface area contributed by atoms with Crippen molar-refractivity contribution >= 4 is 16.8 Å². The number of amides is 1. The molecule has 0 radical (unpaired) electrons. The molecular weight excluding hydrogens is 260 g/mol. The first kappa shape index (κ1) is 14.2. The van der Waals surface area contributed by atoms with Crippen LogP contribution in [0.4, 0.5) is 0 Å². The van der Waals surface area contributed by atoms with E-state index in [2.05, 4.69) is 41.6 Å². The lowest BCUT2D eigenvalue weighted by molar-refractivity contribution is -0.121. The van der Waals surface area contributed by atoms with E-state index in [1.54, 1.807) is 0 Å². The first-order valence-corrected chi connectivity index (χ1v) is 8.05. The number of aromatic nitrogens is 1. The average molecular weight is 284 g/mol. The van der Waals surface area contributed by atoms with E-state index in [1.807, 2.05) is 6.07 Å². The average Bonchev–Trinajstić information content (AvgIpc) is 3.27. The number of fused-ring (bicyclic) bond motifs is 1. The van der Waals surface area contributed by atoms with Crippen LogP contribution in [0.1, 0.15) is 38.2 Å². The molecule has 1 fully saturated rings. The van der Waals surface area contributed by atoms with E-state index in [4.69, 9.17) is 0 Å². The third kappa shape index (κ3) is 3.66. The molecule has 3 heteroatoms. The lowest BCUT2D eigenvalue weighted by Crippen LogP contribution is -2.28. The van der Waals surface area contributed by atoms with Gasteiger partial charge in [-0.05, 0) is 49.1 Å². The highest BCUT2D eigenvalue weighted by Gasteiger charge is 2.27. The highest BCUT2D eigenvalue weighted by molar-refractivity contribution is 5.83. The number of carbonyl (C=O) groups excluding carboxylic acids is 1. The summed E-state index contributed by atoms with van der Waals surface area (Å²) in [5.74, 6) is 1.70. The molecule has 1 aliphatic rings. The zero-order valence-corrected chi connectivity index (χ0v) is 12.7. The minimum absolute atomic E-state index is 0.197. The maximum atomic E-state index is 11.9. The molecule has 0 saturated heterocycles. The number of para-hydroxylation sites is 1. The lowest BCUT2D eigenvalue weighted by atomic mass is 10.1. The van der Waals surface area contributed by atoms with Crippen LogP contribution >= 0.6 is 0 Å². The highest BCUT2D eigenvalue weighted by Crippen LogP contribution is 2.36. The number of nitrogens with one attached hydrogen (secondary N) is 2. The summed E-state index contributed by atoms with van der Waals surface area (Å²) >= 11 is 0. The van der Waals surface area contributed by atoms with Gasteiger partial charge in [0.15, 0.2) is 0 Å². The van der Waals surface area contributed by atoms with Crippen LogP contribution in [0.2, 0.25) is 0 Å². The van der Waals surface area contributed by atoms with Crippen LogP contribution in [0.3, 0.4) is 0 Å². The molecule has 21 heavy (non-hydrogen) atoms. The SMILES string of the molecule is CC(CNC(=O)CCCc1c[nH]c2ccccc12)C1CC1. The molecule has 112 valence electrons. The van der Waals surface area contributed by atoms with Gasteiger partial charge in [0.05, 0.1) is 0 Å². The van der Waals surface area contributed by atoms with Gasteiger partial charge in [-0.2, -0.15) is 0 Å². The van der Waals surface area contributed by atoms with E-state index >= 15 is 0 Å². The second kappa shape index (κ2) is 6.33. The molecule has 1 aromatic carbocycles. The van der Waals surface area contributed by atoms with Crippen molar-refractivity contribution in [3.63, 3.8) is 0 Å². The number of aryl methyl sites for hydroxylation is 1. The number of hydrogen-bond acceptors (Lipinski definition) is 1. The number of aromatic amines is 1. The minimum Gasteiger partial charge on any atom is -0.361 e. The van der Waals surface area contributed by atoms with Gasteiger partial charge in [-0.3, -0.25) is 4.79 Å². The van der Waals surface area contributed by atoms with Crippen molar-refractivity contribution in [2.24, 2.45) is 11.8 Å². The smallest absolute Gasteiger partial charge is 0.220 e. The Kier molecular flexibility index (Phi) is 4.28. The van der Waals surface area contributed by atoms with Crippen molar-refractivity contribution in [1.82, 2.24) is 10.3 Å². The zero-order chi connectivity index (χ0) is 14.7. The summed E-state index contributed by atoms with van der Waals surface area (Å²) in [6.07, 6.45) is 7.24. The monoisotopic (exact) mass is 284 g/mol. The van der Waals surface area contributed by atoms with Crippen molar-refractivity contribution in [3.05, 3.63) is 36.0 Å². The Balaban J connectivity index is 1.42. The maximum Gasteiger partial charge on any atom is 0.220 e. The van der Waals surface area contributed by atoms with Gasteiger partial charge in [0.1, 0.15) is 0 Å². The molecule has 1 saturated carbocycles. The standard InChI is InChI=1S/C18H24N2O/c1-13(14-9-10-14)11-20-18(21)8-4-5-15-12-19-17-7-3-2-6-16(15)17/h2-3,6-7,12-14,19H,4-5,8-11H2,1H3,(H,20,21). The number of carbonyl (C=O) groups is 1. The lowest BCUT2D eigenvalue weighted by Gasteiger charge is -2.11. The Morgan fingerprint density at radius 2 is 2.19 bits per heavy atom. The second-order valence-corrected chi connectivity index (χ2v) is 6.33. The molecule has 0 bridgehead atoms. The molecule has 0 aliphatic heterocycles. The summed E-state index contributed by atoms with van der Waals surface area (Å²) in [6.45, 7) is 3.08. The summed E-state index contributed by atoms with van der Waals surface area (Å²) < 4.78 is 0. The second-order valence-electron chi connectivity index (χ2n) is 6.33. The fourth-order valence-electron chi connectivity index (χ4n) is 2.97. The molecule has 1 heterocycles. The number of rotatable bonds is 7. The molecule has 1 atom stereocenters. The van der Waals surface area contributed by atoms with E-state index < -0.39 is 0 Å². The Bertz CT molecular complexity index is 612. The molecular formula is C18H24N2O. The molecule has 1 unspecified atom stereocenters. The Labute approximate surface area is 126 Å². The Morgan fingerprint density at radius 1 is 1.38 bits per heavy atom. The van der Waals surface area contributed by atoms with Gasteiger partial charge >= 0.3 is 0 Å². The predicted octanol–water partition coefficient (Wildman–Crippen LogP) is 3.65. The van der Waals surface area contributed by atoms with Crippen LogP contribution in [-0.2, 0) is 11.2 Å². The van der Waals surface area contributed by atoms with Gasteiger partial charge in [-0.25, -0.2) is 0 Å². The third-order valence-corrected chi connectivity index (χ3v) is 4.57. The summed E-state index contributed by atoms with van der Waals surface area (Å²) in [7, 11) is 0. The Morgan fingerprint density at radius 3 is 3.00 bits per heavy atom. The van der Waals surface area contributed by atoms with Gasteiger partial charge in [0.25, 0.3) is 0 Å². The third-order valence-electron chi connectivity index (χ3n) is 4.57. The van der Waals surface area contributed by atoms with Gasteiger partial charge < -0.3 is 10.3 Å². The molecule has 1 amide bonds. The quantitative estimate of drug-likeness (QED) is 0.801. The number of H-pyrrole nitrogens is 1. The highest BCUT2D eigenvalue weighted by atomic mass is 16.1. The van der Waals surface area contributed by atoms with Crippen LogP contribution in [0, 0.1) is 11.8 Å². The van der Waals surface area contributed by atoms with E-state index in [0.29, 0.717) is 12.3 Å². The van der Waals surface area contributed by atoms with Crippen molar-refractivity contribution in [2.75, 3.05) is 6.54 Å². The van der Waals surface area contributed by atoms with Crippen LogP contribution in [0.5, 0.6) is 0 Å². The summed E-state index contributed by atoms with van der Waals surface area (Å²) in [4.78, 5) is 15.1. The topological polar surface area (TPSA) is 44.9 Å². The first-order chi connectivity index (χ1) is 10.2. The Hall–Kier alpha value is -1.77. The van der Waals surface area contributed by atoms with Gasteiger partial charge in [0.2, 0.25) is 5.91 Å². The summed E-state index contributed by atoms with van der Waals surface area (Å²) in [5, 5.41) is 4.35. The molecule has 2 N–H and O–H groups in total. The largest absolute Gasteiger partial charge is 0.361 e. The van der Waals surface area contributed by atoms with E-state index in [1.165, 1.54) is 29.3 Å². The zero-order valence-electron chi connectivity index (χ0n) is 12.7. The van der Waals surface area contributed by atoms with Crippen molar-refractivity contribution < 1.29 is 4.79 Å². The van der Waals surface area contributed by atoms with Crippen LogP contribution in [0.25, 0.3) is 10.9 Å². The van der Waals surface area contributed by atoms with Crippen LogP contribution in [-0.4, -0.2) is 17.4 Å². The number of benzene rings is 1. The number of hydrogen-bond donors (Lipinski definition) is 2. The van der Waals surface area contributed by atoms with Crippen molar-refractivity contribution in [3.8, 4) is 0 Å². The predicted molar refractivity (Wildman–Crippen MR) is 86.1 cm³/mol. The molecule has 0 spiro atoms. The van der Waals surface area contributed by atoms with Crippen LogP contribution < -0.4 is 5.32 Å². The van der Waals surface area contributed by atoms with Gasteiger partial charge in [-0.15, -0.1) is 0 Å². The molecule has 3 nitrogen and oxygen atoms in total. The minimum atomic E-state index is 0.197. The van der Waals surface area contributed by atoms with E-state index in [9.17, 15) is 4.79 Å².